The number of nitrogens with two attached hydrogens (primary N) is 1. The van der Waals surface area contributed by atoms with Crippen LogP contribution in [-0.2, 0) is 18.6 Å². The van der Waals surface area contributed by atoms with Gasteiger partial charge in [-0.3, -0.25) is 9.13 Å². The zero-order chi connectivity index (χ0) is 16.6. The number of nitrogen functional groups attached to an aromatic ring is 1. The summed E-state index contributed by atoms with van der Waals surface area (Å²) in [5, 5.41) is 0. The zero-order valence-electron chi connectivity index (χ0n) is 12.7. The van der Waals surface area contributed by atoms with Gasteiger partial charge >= 0.3 is 7.60 Å². The number of fused-ring (bicyclic) bond motifs is 1. The molecular formula is C12H18N5O5P. The quantitative estimate of drug-likeness (QED) is 0.746. The van der Waals surface area contributed by atoms with Gasteiger partial charge < -0.3 is 24.6 Å². The number of rotatable bonds is 5. The summed E-state index contributed by atoms with van der Waals surface area (Å²) in [6.07, 6.45) is 2.33. The van der Waals surface area contributed by atoms with Gasteiger partial charge in [0.2, 0.25) is 0 Å². The van der Waals surface area contributed by atoms with Crippen molar-refractivity contribution in [3.8, 4) is 0 Å². The average molecular weight is 343 g/mol. The second-order valence-electron chi connectivity index (χ2n) is 5.32. The van der Waals surface area contributed by atoms with Crippen LogP contribution in [0.3, 0.4) is 0 Å². The van der Waals surface area contributed by atoms with E-state index in [4.69, 9.17) is 19.7 Å². The Morgan fingerprint density at radius 3 is 3.00 bits per heavy atom. The Morgan fingerprint density at radius 2 is 2.30 bits per heavy atom. The fourth-order valence-electron chi connectivity index (χ4n) is 2.56. The van der Waals surface area contributed by atoms with Gasteiger partial charge in [-0.05, 0) is 0 Å². The summed E-state index contributed by atoms with van der Waals surface area (Å²) in [6, 6.07) is 0. The number of hydrogen-bond acceptors (Lipinski definition) is 8. The summed E-state index contributed by atoms with van der Waals surface area (Å²) in [5.41, 5.74) is 6.83. The molecule has 0 aromatic carbocycles. The van der Waals surface area contributed by atoms with Crippen LogP contribution in [0.5, 0.6) is 0 Å². The lowest BCUT2D eigenvalue weighted by Crippen LogP contribution is -2.27. The monoisotopic (exact) mass is 343 g/mol. The summed E-state index contributed by atoms with van der Waals surface area (Å²) < 4.78 is 29.3. The van der Waals surface area contributed by atoms with E-state index < -0.39 is 13.7 Å². The van der Waals surface area contributed by atoms with Gasteiger partial charge in [0.1, 0.15) is 24.2 Å². The molecule has 2 aromatic rings. The van der Waals surface area contributed by atoms with Crippen LogP contribution in [-0.4, -0.2) is 57.0 Å². The fraction of sp³-hybridized carbons (Fsp3) is 0.583. The molecule has 3 N–H and O–H groups in total. The Kier molecular flexibility index (Phi) is 4.35. The minimum absolute atomic E-state index is 0.0387. The third kappa shape index (κ3) is 3.36. The van der Waals surface area contributed by atoms with Crippen LogP contribution < -0.4 is 5.73 Å². The first-order chi connectivity index (χ1) is 10.9. The van der Waals surface area contributed by atoms with Crippen molar-refractivity contribution in [1.82, 2.24) is 19.5 Å². The highest BCUT2D eigenvalue weighted by Crippen LogP contribution is 2.39. The van der Waals surface area contributed by atoms with E-state index >= 15 is 0 Å². The van der Waals surface area contributed by atoms with E-state index in [0.29, 0.717) is 23.4 Å². The van der Waals surface area contributed by atoms with Crippen LogP contribution >= 0.6 is 7.60 Å². The highest BCUT2D eigenvalue weighted by Gasteiger charge is 2.38. The second-order valence-corrected chi connectivity index (χ2v) is 7.18. The van der Waals surface area contributed by atoms with E-state index in [-0.39, 0.29) is 18.9 Å². The smallest absolute Gasteiger partial charge is 0.325 e. The van der Waals surface area contributed by atoms with Crippen molar-refractivity contribution >= 4 is 24.6 Å². The molecule has 1 saturated heterocycles. The molecule has 1 fully saturated rings. The summed E-state index contributed by atoms with van der Waals surface area (Å²) in [4.78, 5) is 21.5. The van der Waals surface area contributed by atoms with E-state index in [9.17, 15) is 9.46 Å². The van der Waals surface area contributed by atoms with Gasteiger partial charge in [0.15, 0.2) is 11.5 Å². The van der Waals surface area contributed by atoms with Gasteiger partial charge in [-0.15, -0.1) is 0 Å². The molecule has 126 valence electrons. The molecule has 0 spiro atoms. The molecule has 3 rings (SSSR count). The molecule has 0 aliphatic carbocycles. The van der Waals surface area contributed by atoms with E-state index in [1.807, 2.05) is 0 Å². The van der Waals surface area contributed by atoms with Gasteiger partial charge in [0.05, 0.1) is 19.0 Å². The van der Waals surface area contributed by atoms with Crippen molar-refractivity contribution in [2.75, 3.05) is 26.1 Å². The minimum Gasteiger partial charge on any atom is -0.382 e. The third-order valence-electron chi connectivity index (χ3n) is 3.66. The number of hydrogen-bond donors (Lipinski definition) is 2. The number of methoxy groups -OCH3 is 1. The molecule has 0 radical (unpaired) electrons. The first kappa shape index (κ1) is 16.3. The predicted molar refractivity (Wildman–Crippen MR) is 80.8 cm³/mol. The molecule has 23 heavy (non-hydrogen) atoms. The molecule has 11 heteroatoms. The summed E-state index contributed by atoms with van der Waals surface area (Å²) in [6.45, 7) is 1.09. The second kappa shape index (κ2) is 6.14. The van der Waals surface area contributed by atoms with Crippen LogP contribution in [0.4, 0.5) is 5.82 Å². The Hall–Kier alpha value is -1.58. The predicted octanol–water partition coefficient (Wildman–Crippen LogP) is 0.543. The van der Waals surface area contributed by atoms with Crippen LogP contribution in [0.25, 0.3) is 11.2 Å². The normalized spacial score (nSPS) is 27.3. The number of nitrogens with zero attached hydrogens (tertiary/aromatic N) is 4. The van der Waals surface area contributed by atoms with Gasteiger partial charge in [-0.1, -0.05) is 0 Å². The van der Waals surface area contributed by atoms with Crippen molar-refractivity contribution < 1.29 is 23.5 Å². The highest BCUT2D eigenvalue weighted by molar-refractivity contribution is 7.51. The molecule has 4 atom stereocenters. The van der Waals surface area contributed by atoms with Crippen molar-refractivity contribution in [1.29, 1.82) is 0 Å². The maximum Gasteiger partial charge on any atom is 0.325 e. The van der Waals surface area contributed by atoms with Crippen molar-refractivity contribution in [2.24, 2.45) is 0 Å². The topological polar surface area (TPSA) is 135 Å². The van der Waals surface area contributed by atoms with Crippen LogP contribution in [0.1, 0.15) is 12.6 Å². The van der Waals surface area contributed by atoms with E-state index in [1.165, 1.54) is 6.33 Å². The van der Waals surface area contributed by atoms with Gasteiger partial charge in [0, 0.05) is 20.2 Å². The number of anilines is 1. The zero-order valence-corrected chi connectivity index (χ0v) is 13.6. The number of aromatic nitrogens is 4. The highest BCUT2D eigenvalue weighted by atomic mass is 31.2. The molecule has 0 saturated carbocycles. The molecule has 3 heterocycles. The molecule has 1 aliphatic heterocycles. The maximum atomic E-state index is 11.3. The summed E-state index contributed by atoms with van der Waals surface area (Å²) in [7, 11) is -2.02. The summed E-state index contributed by atoms with van der Waals surface area (Å²) >= 11 is 0. The molecule has 10 nitrogen and oxygen atoms in total. The van der Waals surface area contributed by atoms with Crippen molar-refractivity contribution in [2.45, 2.75) is 24.9 Å². The Labute approximate surface area is 132 Å². The fourth-order valence-corrected chi connectivity index (χ4v) is 2.99. The first-order valence-electron chi connectivity index (χ1n) is 6.95. The molecule has 2 unspecified atom stereocenters. The average Bonchev–Trinajstić information content (AvgIpc) is 3.08. The van der Waals surface area contributed by atoms with E-state index in [0.717, 1.165) is 6.66 Å². The number of ether oxygens (including phenoxy) is 2. The van der Waals surface area contributed by atoms with Gasteiger partial charge in [0.25, 0.3) is 0 Å². The maximum absolute atomic E-state index is 11.3. The molecule has 2 aromatic heterocycles. The number of imidazole rings is 1. The van der Waals surface area contributed by atoms with E-state index in [2.05, 4.69) is 15.0 Å². The molecule has 0 bridgehead atoms. The lowest BCUT2D eigenvalue weighted by atomic mass is 10.2. The van der Waals surface area contributed by atoms with Gasteiger partial charge in [-0.2, -0.15) is 0 Å². The van der Waals surface area contributed by atoms with Crippen molar-refractivity contribution in [3.63, 3.8) is 0 Å². The van der Waals surface area contributed by atoms with Crippen LogP contribution in [0.2, 0.25) is 0 Å². The molecular weight excluding hydrogens is 325 g/mol. The Morgan fingerprint density at radius 1 is 1.52 bits per heavy atom. The standard InChI is InChI=1S/C12H18N5O5P/c1-20-7-3-9(22-8(7)4-21-23(2,18)19)17-6-16-10-11(13)14-5-15-12(10)17/h5-9H,3-4H2,1-2H3,(H,18,19)(H2,13,14,15)/t7?,8-,9-/m0/s1. The third-order valence-corrected chi connectivity index (χ3v) is 4.29. The van der Waals surface area contributed by atoms with Crippen molar-refractivity contribution in [3.05, 3.63) is 12.7 Å². The van der Waals surface area contributed by atoms with Gasteiger partial charge in [-0.25, -0.2) is 15.0 Å². The largest absolute Gasteiger partial charge is 0.382 e. The lowest BCUT2D eigenvalue weighted by Gasteiger charge is -2.18. The SMILES string of the molecule is COC1C[C@@H](n2cnc3c(N)ncnc32)O[C@H]1COP(C)(=O)O. The minimum atomic E-state index is -3.57. The molecule has 1 aliphatic rings. The lowest BCUT2D eigenvalue weighted by molar-refractivity contribution is -0.0475. The van der Waals surface area contributed by atoms with E-state index in [1.54, 1.807) is 18.0 Å². The Balaban J connectivity index is 1.81. The Bertz CT molecular complexity index is 747. The molecule has 0 amide bonds. The van der Waals surface area contributed by atoms with Crippen LogP contribution in [0, 0.1) is 0 Å². The van der Waals surface area contributed by atoms with Crippen LogP contribution in [0.15, 0.2) is 12.7 Å². The summed E-state index contributed by atoms with van der Waals surface area (Å²) in [5.74, 6) is 0.294. The first-order valence-corrected chi connectivity index (χ1v) is 8.97.